The van der Waals surface area contributed by atoms with Gasteiger partial charge in [-0.1, -0.05) is 12.1 Å². The van der Waals surface area contributed by atoms with E-state index in [2.05, 4.69) is 38.3 Å². The summed E-state index contributed by atoms with van der Waals surface area (Å²) in [6.07, 6.45) is 3.47. The number of carbonyl (C=O) groups excluding carboxylic acids is 1. The first kappa shape index (κ1) is 27.6. The van der Waals surface area contributed by atoms with Crippen LogP contribution in [0.15, 0.2) is 54.7 Å². The van der Waals surface area contributed by atoms with Gasteiger partial charge in [0.2, 0.25) is 5.95 Å². The molecule has 0 amide bonds. The van der Waals surface area contributed by atoms with E-state index in [1.165, 1.54) is 0 Å². The Morgan fingerprint density at radius 1 is 1.15 bits per heavy atom. The Labute approximate surface area is 235 Å². The summed E-state index contributed by atoms with van der Waals surface area (Å²) in [5, 5.41) is 12.6. The van der Waals surface area contributed by atoms with Crippen LogP contribution in [0.25, 0.3) is 11.3 Å². The Bertz CT molecular complexity index is 1390. The molecule has 3 heterocycles. The minimum absolute atomic E-state index is 0.155. The van der Waals surface area contributed by atoms with Gasteiger partial charge in [0.25, 0.3) is 0 Å². The molecule has 2 fully saturated rings. The zero-order valence-corrected chi connectivity index (χ0v) is 23.4. The average molecular weight is 541 g/mol. The summed E-state index contributed by atoms with van der Waals surface area (Å²) in [5.74, 6) is 0.315. The van der Waals surface area contributed by atoms with Gasteiger partial charge in [-0.05, 0) is 82.1 Å². The van der Waals surface area contributed by atoms with Crippen LogP contribution in [-0.2, 0) is 20.8 Å². The standard InChI is InChI=1S/C31H36N6O3/c1-31(2,3)40-29(38)28-8-5-13-37(28)21-24-19-25(9-10-27(24)36-14-16-39-17-15-36)34-30-33-12-11-26(35-30)23-7-4-6-22(18-23)20-32/h4,6-7,9-12,18-19,28H,5,8,13-17,21H2,1-3H3,(H,33,34,35). The monoisotopic (exact) mass is 540 g/mol. The first-order chi connectivity index (χ1) is 19.3. The van der Waals surface area contributed by atoms with Crippen LogP contribution in [0.2, 0.25) is 0 Å². The largest absolute Gasteiger partial charge is 0.459 e. The summed E-state index contributed by atoms with van der Waals surface area (Å²) in [6.45, 7) is 10.2. The lowest BCUT2D eigenvalue weighted by molar-refractivity contribution is -0.160. The Hall–Kier alpha value is -4.00. The van der Waals surface area contributed by atoms with Crippen molar-refractivity contribution in [2.75, 3.05) is 43.1 Å². The summed E-state index contributed by atoms with van der Waals surface area (Å²) in [7, 11) is 0. The van der Waals surface area contributed by atoms with Gasteiger partial charge in [-0.15, -0.1) is 0 Å². The van der Waals surface area contributed by atoms with E-state index in [-0.39, 0.29) is 12.0 Å². The maximum Gasteiger partial charge on any atom is 0.323 e. The molecule has 1 atom stereocenters. The number of likely N-dealkylation sites (tertiary alicyclic amines) is 1. The van der Waals surface area contributed by atoms with Gasteiger partial charge in [-0.2, -0.15) is 5.26 Å². The predicted molar refractivity (Wildman–Crippen MR) is 154 cm³/mol. The summed E-state index contributed by atoms with van der Waals surface area (Å²) in [5.41, 5.74) is 4.79. The number of nitrogens with one attached hydrogen (secondary N) is 1. The van der Waals surface area contributed by atoms with Crippen LogP contribution < -0.4 is 10.2 Å². The molecule has 208 valence electrons. The van der Waals surface area contributed by atoms with Crippen molar-refractivity contribution in [2.45, 2.75) is 51.8 Å². The Morgan fingerprint density at radius 3 is 2.75 bits per heavy atom. The predicted octanol–water partition coefficient (Wildman–Crippen LogP) is 4.90. The number of esters is 1. The minimum Gasteiger partial charge on any atom is -0.459 e. The maximum atomic E-state index is 13.0. The zero-order valence-electron chi connectivity index (χ0n) is 23.4. The van der Waals surface area contributed by atoms with Crippen LogP contribution in [-0.4, -0.2) is 65.3 Å². The van der Waals surface area contributed by atoms with Crippen LogP contribution in [0.3, 0.4) is 0 Å². The molecular weight excluding hydrogens is 504 g/mol. The number of nitriles is 1. The van der Waals surface area contributed by atoms with E-state index in [1.54, 1.807) is 12.3 Å². The van der Waals surface area contributed by atoms with Gasteiger partial charge in [0.15, 0.2) is 0 Å². The van der Waals surface area contributed by atoms with Crippen LogP contribution in [0.1, 0.15) is 44.7 Å². The molecule has 40 heavy (non-hydrogen) atoms. The minimum atomic E-state index is -0.515. The third-order valence-corrected chi connectivity index (χ3v) is 7.05. The molecule has 0 spiro atoms. The molecule has 2 aliphatic heterocycles. The van der Waals surface area contributed by atoms with Crippen LogP contribution in [0, 0.1) is 11.3 Å². The molecule has 1 aromatic heterocycles. The Kier molecular flexibility index (Phi) is 8.29. The number of ether oxygens (including phenoxy) is 2. The SMILES string of the molecule is CC(C)(C)OC(=O)C1CCCN1Cc1cc(Nc2nccc(-c3cccc(C#N)c3)n2)ccc1N1CCOCC1. The maximum absolute atomic E-state index is 13.0. The average Bonchev–Trinajstić information content (AvgIpc) is 3.41. The fourth-order valence-corrected chi connectivity index (χ4v) is 5.23. The number of rotatable bonds is 7. The molecule has 1 unspecified atom stereocenters. The normalized spacial score (nSPS) is 17.9. The highest BCUT2D eigenvalue weighted by Crippen LogP contribution is 2.31. The Balaban J connectivity index is 1.40. The zero-order chi connectivity index (χ0) is 28.1. The molecule has 2 aromatic carbocycles. The molecular formula is C31H36N6O3. The van der Waals surface area contributed by atoms with Gasteiger partial charge >= 0.3 is 5.97 Å². The topological polar surface area (TPSA) is 104 Å². The first-order valence-electron chi connectivity index (χ1n) is 13.8. The molecule has 0 saturated carbocycles. The number of aromatic nitrogens is 2. The number of morpholine rings is 1. The molecule has 1 N–H and O–H groups in total. The van der Waals surface area contributed by atoms with Crippen molar-refractivity contribution in [3.8, 4) is 17.3 Å². The van der Waals surface area contributed by atoms with Crippen molar-refractivity contribution in [3.05, 3.63) is 65.9 Å². The number of nitrogens with zero attached hydrogens (tertiary/aromatic N) is 5. The molecule has 0 radical (unpaired) electrons. The summed E-state index contributed by atoms with van der Waals surface area (Å²) in [6, 6.07) is 17.4. The fraction of sp³-hybridized carbons (Fsp3) is 0.419. The van der Waals surface area contributed by atoms with E-state index in [9.17, 15) is 10.1 Å². The van der Waals surface area contributed by atoms with E-state index in [4.69, 9.17) is 14.5 Å². The van der Waals surface area contributed by atoms with Gasteiger partial charge in [-0.25, -0.2) is 9.97 Å². The quantitative estimate of drug-likeness (QED) is 0.419. The van der Waals surface area contributed by atoms with Crippen molar-refractivity contribution < 1.29 is 14.3 Å². The first-order valence-corrected chi connectivity index (χ1v) is 13.8. The van der Waals surface area contributed by atoms with Crippen molar-refractivity contribution in [2.24, 2.45) is 0 Å². The van der Waals surface area contributed by atoms with Crippen molar-refractivity contribution >= 4 is 23.3 Å². The molecule has 2 aliphatic rings. The third-order valence-electron chi connectivity index (χ3n) is 7.05. The van der Waals surface area contributed by atoms with Gasteiger partial charge in [-0.3, -0.25) is 9.69 Å². The Morgan fingerprint density at radius 2 is 1.98 bits per heavy atom. The van der Waals surface area contributed by atoms with E-state index >= 15 is 0 Å². The highest BCUT2D eigenvalue weighted by Gasteiger charge is 2.34. The number of hydrogen-bond acceptors (Lipinski definition) is 9. The number of hydrogen-bond donors (Lipinski definition) is 1. The molecule has 3 aromatic rings. The van der Waals surface area contributed by atoms with E-state index < -0.39 is 5.60 Å². The van der Waals surface area contributed by atoms with Crippen molar-refractivity contribution in [1.29, 1.82) is 5.26 Å². The molecule has 2 saturated heterocycles. The lowest BCUT2D eigenvalue weighted by Gasteiger charge is -2.33. The second-order valence-corrected chi connectivity index (χ2v) is 11.2. The van der Waals surface area contributed by atoms with E-state index in [0.717, 1.165) is 60.7 Å². The second-order valence-electron chi connectivity index (χ2n) is 11.2. The summed E-state index contributed by atoms with van der Waals surface area (Å²) in [4.78, 5) is 26.7. The lowest BCUT2D eigenvalue weighted by atomic mass is 10.1. The summed E-state index contributed by atoms with van der Waals surface area (Å²) >= 11 is 0. The van der Waals surface area contributed by atoms with Crippen molar-refractivity contribution in [3.63, 3.8) is 0 Å². The van der Waals surface area contributed by atoms with E-state index in [1.807, 2.05) is 51.1 Å². The molecule has 9 heteroatoms. The third kappa shape index (κ3) is 6.76. The van der Waals surface area contributed by atoms with E-state index in [0.29, 0.717) is 31.3 Å². The highest BCUT2D eigenvalue weighted by atomic mass is 16.6. The summed E-state index contributed by atoms with van der Waals surface area (Å²) < 4.78 is 11.3. The lowest BCUT2D eigenvalue weighted by Crippen LogP contribution is -2.41. The number of anilines is 3. The van der Waals surface area contributed by atoms with Gasteiger partial charge in [0.05, 0.1) is 30.5 Å². The van der Waals surface area contributed by atoms with Gasteiger partial charge in [0.1, 0.15) is 11.6 Å². The highest BCUT2D eigenvalue weighted by molar-refractivity contribution is 5.76. The van der Waals surface area contributed by atoms with Crippen LogP contribution in [0.4, 0.5) is 17.3 Å². The van der Waals surface area contributed by atoms with Crippen molar-refractivity contribution in [1.82, 2.24) is 14.9 Å². The van der Waals surface area contributed by atoms with Crippen LogP contribution >= 0.6 is 0 Å². The second kappa shape index (κ2) is 12.0. The number of benzene rings is 2. The molecule has 0 aliphatic carbocycles. The molecule has 5 rings (SSSR count). The van der Waals surface area contributed by atoms with Gasteiger partial charge in [0, 0.05) is 42.8 Å². The van der Waals surface area contributed by atoms with Crippen LogP contribution in [0.5, 0.6) is 0 Å². The molecule has 0 bridgehead atoms. The van der Waals surface area contributed by atoms with Gasteiger partial charge < -0.3 is 19.7 Å². The number of carbonyl (C=O) groups is 1. The smallest absolute Gasteiger partial charge is 0.323 e. The molecule has 9 nitrogen and oxygen atoms in total. The fourth-order valence-electron chi connectivity index (χ4n) is 5.23.